The van der Waals surface area contributed by atoms with Crippen LogP contribution in [-0.2, 0) is 16.1 Å². The number of ether oxygens (including phenoxy) is 2. The number of aromatic nitrogens is 1. The highest BCUT2D eigenvalue weighted by atomic mass is 16.5. The van der Waals surface area contributed by atoms with Crippen molar-refractivity contribution in [3.63, 3.8) is 0 Å². The number of carbonyl (C=O) groups is 1. The van der Waals surface area contributed by atoms with Gasteiger partial charge in [-0.15, -0.1) is 0 Å². The molecular weight excluding hydrogens is 370 g/mol. The minimum Gasteiger partial charge on any atom is -0.477 e. The first kappa shape index (κ1) is 21.4. The predicted molar refractivity (Wildman–Crippen MR) is 112 cm³/mol. The van der Waals surface area contributed by atoms with Gasteiger partial charge in [0.15, 0.2) is 5.96 Å². The molecule has 0 bridgehead atoms. The van der Waals surface area contributed by atoms with Gasteiger partial charge < -0.3 is 24.6 Å². The van der Waals surface area contributed by atoms with Gasteiger partial charge in [0, 0.05) is 51.1 Å². The van der Waals surface area contributed by atoms with E-state index in [-0.39, 0.29) is 12.0 Å². The number of pyridine rings is 1. The molecular formula is C21H33N5O3. The van der Waals surface area contributed by atoms with Crippen LogP contribution < -0.4 is 10.1 Å². The molecule has 8 heteroatoms. The summed E-state index contributed by atoms with van der Waals surface area (Å²) in [6, 6.07) is 3.91. The number of nitrogens with one attached hydrogen (secondary N) is 1. The molecule has 2 fully saturated rings. The second-order valence-corrected chi connectivity index (χ2v) is 7.30. The molecule has 0 spiro atoms. The number of aliphatic imine (C=N–C) groups is 1. The summed E-state index contributed by atoms with van der Waals surface area (Å²) < 4.78 is 11.3. The highest BCUT2D eigenvalue weighted by molar-refractivity contribution is 5.82. The van der Waals surface area contributed by atoms with E-state index in [0.717, 1.165) is 50.4 Å². The zero-order chi connectivity index (χ0) is 20.5. The molecule has 1 atom stereocenters. The zero-order valence-corrected chi connectivity index (χ0v) is 17.6. The molecule has 0 aliphatic carbocycles. The van der Waals surface area contributed by atoms with Gasteiger partial charge in [0.1, 0.15) is 6.10 Å². The summed E-state index contributed by atoms with van der Waals surface area (Å²) in [5.41, 5.74) is 0.976. The third-order valence-corrected chi connectivity index (χ3v) is 5.12. The van der Waals surface area contributed by atoms with Gasteiger partial charge in [-0.25, -0.2) is 9.98 Å². The molecule has 1 unspecified atom stereocenters. The van der Waals surface area contributed by atoms with E-state index in [1.807, 2.05) is 17.0 Å². The van der Waals surface area contributed by atoms with Gasteiger partial charge in [0.05, 0.1) is 13.2 Å². The lowest BCUT2D eigenvalue weighted by atomic mass is 10.2. The van der Waals surface area contributed by atoms with Crippen molar-refractivity contribution in [1.82, 2.24) is 20.1 Å². The Hall–Kier alpha value is -2.35. The van der Waals surface area contributed by atoms with Gasteiger partial charge in [0.25, 0.3) is 5.91 Å². The molecule has 0 aromatic carbocycles. The number of nitrogens with zero attached hydrogens (tertiary/aromatic N) is 4. The normalized spacial score (nSPS) is 20.1. The fraction of sp³-hybridized carbons (Fsp3) is 0.667. The van der Waals surface area contributed by atoms with E-state index in [9.17, 15) is 4.79 Å². The van der Waals surface area contributed by atoms with Crippen molar-refractivity contribution in [3.8, 4) is 5.88 Å². The number of guanidine groups is 1. The highest BCUT2D eigenvalue weighted by Crippen LogP contribution is 2.17. The Morgan fingerprint density at radius 1 is 1.31 bits per heavy atom. The predicted octanol–water partition coefficient (Wildman–Crippen LogP) is 1.66. The molecule has 2 aliphatic rings. The van der Waals surface area contributed by atoms with Crippen molar-refractivity contribution < 1.29 is 14.3 Å². The van der Waals surface area contributed by atoms with Crippen LogP contribution in [0.15, 0.2) is 23.3 Å². The molecule has 1 aromatic heterocycles. The summed E-state index contributed by atoms with van der Waals surface area (Å²) in [5.74, 6) is 1.65. The number of carbonyl (C=O) groups excluding carboxylic acids is 1. The second-order valence-electron chi connectivity index (χ2n) is 7.30. The lowest BCUT2D eigenvalue weighted by Crippen LogP contribution is -2.55. The van der Waals surface area contributed by atoms with Crippen LogP contribution in [0.5, 0.6) is 5.88 Å². The smallest absolute Gasteiger partial charge is 0.251 e. The average molecular weight is 404 g/mol. The molecule has 2 aliphatic heterocycles. The van der Waals surface area contributed by atoms with Crippen LogP contribution in [0.4, 0.5) is 0 Å². The van der Waals surface area contributed by atoms with Gasteiger partial charge in [-0.1, -0.05) is 13.0 Å². The summed E-state index contributed by atoms with van der Waals surface area (Å²) in [5, 5.41) is 3.37. The van der Waals surface area contributed by atoms with E-state index >= 15 is 0 Å². The minimum absolute atomic E-state index is 0.136. The topological polar surface area (TPSA) is 79.3 Å². The van der Waals surface area contributed by atoms with Crippen molar-refractivity contribution in [2.45, 2.75) is 45.8 Å². The van der Waals surface area contributed by atoms with E-state index in [1.165, 1.54) is 0 Å². The van der Waals surface area contributed by atoms with E-state index in [0.29, 0.717) is 38.7 Å². The van der Waals surface area contributed by atoms with Crippen LogP contribution in [0.25, 0.3) is 0 Å². The fourth-order valence-electron chi connectivity index (χ4n) is 3.57. The Morgan fingerprint density at radius 3 is 2.79 bits per heavy atom. The Morgan fingerprint density at radius 2 is 2.10 bits per heavy atom. The zero-order valence-electron chi connectivity index (χ0n) is 17.6. The van der Waals surface area contributed by atoms with Crippen LogP contribution in [0.2, 0.25) is 0 Å². The number of amides is 1. The summed E-state index contributed by atoms with van der Waals surface area (Å²) in [6.45, 7) is 9.69. The van der Waals surface area contributed by atoms with Crippen LogP contribution in [0, 0.1) is 0 Å². The number of rotatable bonds is 7. The fourth-order valence-corrected chi connectivity index (χ4v) is 3.57. The molecule has 0 saturated carbocycles. The van der Waals surface area contributed by atoms with Gasteiger partial charge >= 0.3 is 0 Å². The molecule has 8 nitrogen and oxygen atoms in total. The van der Waals surface area contributed by atoms with Crippen molar-refractivity contribution in [3.05, 3.63) is 23.9 Å². The van der Waals surface area contributed by atoms with Crippen molar-refractivity contribution in [2.75, 3.05) is 45.9 Å². The third-order valence-electron chi connectivity index (χ3n) is 5.12. The molecule has 2 saturated heterocycles. The molecule has 160 valence electrons. The van der Waals surface area contributed by atoms with E-state index in [4.69, 9.17) is 14.5 Å². The standard InChI is InChI=1S/C21H33N5O3/c1-3-14-29-19-17(7-5-9-23-19)16-24-21(22-4-2)26-12-10-25(11-13-26)20(27)18-8-6-15-28-18/h5,7,9,18H,3-4,6,8,10-16H2,1-2H3,(H,22,24). The van der Waals surface area contributed by atoms with Gasteiger partial charge in [0.2, 0.25) is 5.88 Å². The van der Waals surface area contributed by atoms with E-state index < -0.39 is 0 Å². The van der Waals surface area contributed by atoms with Gasteiger partial charge in [-0.05, 0) is 32.3 Å². The maximum absolute atomic E-state index is 12.6. The Kier molecular flexibility index (Phi) is 8.10. The van der Waals surface area contributed by atoms with Crippen molar-refractivity contribution in [1.29, 1.82) is 0 Å². The maximum atomic E-state index is 12.6. The third kappa shape index (κ3) is 5.82. The first-order valence-corrected chi connectivity index (χ1v) is 10.7. The maximum Gasteiger partial charge on any atom is 0.251 e. The van der Waals surface area contributed by atoms with Crippen LogP contribution >= 0.6 is 0 Å². The van der Waals surface area contributed by atoms with Crippen LogP contribution in [0.3, 0.4) is 0 Å². The van der Waals surface area contributed by atoms with Gasteiger partial charge in [-0.2, -0.15) is 0 Å². The average Bonchev–Trinajstić information content (AvgIpc) is 3.30. The van der Waals surface area contributed by atoms with Crippen molar-refractivity contribution >= 4 is 11.9 Å². The molecule has 1 amide bonds. The molecule has 0 radical (unpaired) electrons. The summed E-state index contributed by atoms with van der Waals surface area (Å²) in [6.07, 6.45) is 4.27. The largest absolute Gasteiger partial charge is 0.477 e. The second kappa shape index (κ2) is 11.0. The minimum atomic E-state index is -0.240. The number of hydrogen-bond donors (Lipinski definition) is 1. The molecule has 29 heavy (non-hydrogen) atoms. The highest BCUT2D eigenvalue weighted by Gasteiger charge is 2.30. The first-order valence-electron chi connectivity index (χ1n) is 10.7. The summed E-state index contributed by atoms with van der Waals surface area (Å²) in [4.78, 5) is 25.8. The Labute approximate surface area is 173 Å². The SMILES string of the molecule is CCCOc1ncccc1CN=C(NCC)N1CCN(C(=O)C2CCCO2)CC1. The Bertz CT molecular complexity index is 683. The number of hydrogen-bond acceptors (Lipinski definition) is 5. The van der Waals surface area contributed by atoms with Crippen molar-refractivity contribution in [2.24, 2.45) is 4.99 Å². The number of piperazine rings is 1. The van der Waals surface area contributed by atoms with E-state index in [2.05, 4.69) is 29.0 Å². The quantitative estimate of drug-likeness (QED) is 0.551. The van der Waals surface area contributed by atoms with Gasteiger partial charge in [-0.3, -0.25) is 4.79 Å². The van der Waals surface area contributed by atoms with E-state index in [1.54, 1.807) is 6.20 Å². The molecule has 1 N–H and O–H groups in total. The van der Waals surface area contributed by atoms with Crippen LogP contribution in [-0.4, -0.2) is 78.7 Å². The molecule has 3 rings (SSSR count). The lowest BCUT2D eigenvalue weighted by Gasteiger charge is -2.37. The summed E-state index contributed by atoms with van der Waals surface area (Å²) in [7, 11) is 0. The lowest BCUT2D eigenvalue weighted by molar-refractivity contribution is -0.142. The van der Waals surface area contributed by atoms with Crippen LogP contribution in [0.1, 0.15) is 38.7 Å². The first-order chi connectivity index (χ1) is 14.2. The Balaban J connectivity index is 1.59. The summed E-state index contributed by atoms with van der Waals surface area (Å²) >= 11 is 0. The monoisotopic (exact) mass is 403 g/mol. The molecule has 3 heterocycles. The molecule has 1 aromatic rings.